The molecule has 2 rings (SSSR count). The second-order valence-electron chi connectivity index (χ2n) is 4.16. The Bertz CT molecular complexity index is 144. The molecule has 3 nitrogen and oxygen atoms in total. The fourth-order valence-corrected chi connectivity index (χ4v) is 2.44. The van der Waals surface area contributed by atoms with Gasteiger partial charge in [0.2, 0.25) is 0 Å². The molecule has 0 amide bonds. The Kier molecular flexibility index (Phi) is 14.0. The summed E-state index contributed by atoms with van der Waals surface area (Å²) >= 11 is 0. The first-order chi connectivity index (χ1) is 6.47. The molecule has 0 radical (unpaired) electrons. The Hall–Kier alpha value is 1.32. The lowest BCUT2D eigenvalue weighted by atomic mass is 9.90. The van der Waals surface area contributed by atoms with Crippen molar-refractivity contribution in [3.63, 3.8) is 0 Å². The van der Waals surface area contributed by atoms with E-state index in [-0.39, 0.29) is 50.9 Å². The number of hydrogen-bond donors (Lipinski definition) is 3. The lowest BCUT2D eigenvalue weighted by Gasteiger charge is -2.32. The standard InChI is InChI=1S/C10H21N3.3BrH/c1-2-4-10-9(3-1)12-7-5-11-6-8-13-10;;;/h9-13H,1-8H2;3*1H. The van der Waals surface area contributed by atoms with Gasteiger partial charge in [0.15, 0.2) is 0 Å². The van der Waals surface area contributed by atoms with Gasteiger partial charge in [0.25, 0.3) is 0 Å². The molecule has 0 aromatic carbocycles. The molecule has 1 saturated carbocycles. The molecule has 1 heterocycles. The second-order valence-corrected chi connectivity index (χ2v) is 4.16. The lowest BCUT2D eigenvalue weighted by Crippen LogP contribution is -2.50. The Morgan fingerprint density at radius 3 is 1.50 bits per heavy atom. The van der Waals surface area contributed by atoms with Crippen LogP contribution >= 0.6 is 50.9 Å². The van der Waals surface area contributed by atoms with Crippen LogP contribution in [0.1, 0.15) is 25.7 Å². The van der Waals surface area contributed by atoms with Crippen LogP contribution in [0.15, 0.2) is 0 Å². The molecule has 1 saturated heterocycles. The average Bonchev–Trinajstić information content (AvgIpc) is 2.28. The molecular formula is C10H24Br3N3. The maximum atomic E-state index is 3.64. The van der Waals surface area contributed by atoms with Crippen molar-refractivity contribution in [3.8, 4) is 0 Å². The molecule has 2 fully saturated rings. The minimum absolute atomic E-state index is 0. The number of halogens is 3. The van der Waals surface area contributed by atoms with Gasteiger partial charge in [0, 0.05) is 38.3 Å². The highest BCUT2D eigenvalue weighted by Gasteiger charge is 2.24. The third-order valence-electron chi connectivity index (χ3n) is 3.18. The fourth-order valence-electron chi connectivity index (χ4n) is 2.44. The third kappa shape index (κ3) is 6.31. The van der Waals surface area contributed by atoms with E-state index >= 15 is 0 Å². The van der Waals surface area contributed by atoms with E-state index < -0.39 is 0 Å². The van der Waals surface area contributed by atoms with E-state index in [0.29, 0.717) is 0 Å². The lowest BCUT2D eigenvalue weighted by molar-refractivity contribution is 0.293. The SMILES string of the molecule is Br.Br.Br.C1CCC2NCCNCCNC2C1. The van der Waals surface area contributed by atoms with Crippen LogP contribution in [0, 0.1) is 0 Å². The van der Waals surface area contributed by atoms with Crippen molar-refractivity contribution in [2.45, 2.75) is 37.8 Å². The van der Waals surface area contributed by atoms with Gasteiger partial charge in [-0.05, 0) is 12.8 Å². The van der Waals surface area contributed by atoms with E-state index in [9.17, 15) is 0 Å². The van der Waals surface area contributed by atoms with Crippen molar-refractivity contribution in [1.82, 2.24) is 16.0 Å². The van der Waals surface area contributed by atoms with E-state index in [2.05, 4.69) is 16.0 Å². The summed E-state index contributed by atoms with van der Waals surface area (Å²) < 4.78 is 0. The average molecular weight is 426 g/mol. The molecule has 16 heavy (non-hydrogen) atoms. The van der Waals surface area contributed by atoms with E-state index in [0.717, 1.165) is 38.3 Å². The van der Waals surface area contributed by atoms with E-state index in [4.69, 9.17) is 0 Å². The first-order valence-corrected chi connectivity index (χ1v) is 5.64. The van der Waals surface area contributed by atoms with Crippen LogP contribution in [0.25, 0.3) is 0 Å². The molecule has 1 aliphatic carbocycles. The number of nitrogens with one attached hydrogen (secondary N) is 3. The van der Waals surface area contributed by atoms with Gasteiger partial charge in [-0.3, -0.25) is 0 Å². The summed E-state index contributed by atoms with van der Waals surface area (Å²) in [4.78, 5) is 0. The smallest absolute Gasteiger partial charge is 0.0221 e. The van der Waals surface area contributed by atoms with Gasteiger partial charge in [-0.2, -0.15) is 0 Å². The van der Waals surface area contributed by atoms with Gasteiger partial charge < -0.3 is 16.0 Å². The molecular weight excluding hydrogens is 402 g/mol. The number of hydrogen-bond acceptors (Lipinski definition) is 3. The van der Waals surface area contributed by atoms with Crippen molar-refractivity contribution in [1.29, 1.82) is 0 Å². The van der Waals surface area contributed by atoms with Crippen molar-refractivity contribution in [2.24, 2.45) is 0 Å². The molecule has 0 spiro atoms. The maximum absolute atomic E-state index is 3.64. The highest BCUT2D eigenvalue weighted by atomic mass is 79.9. The zero-order valence-corrected chi connectivity index (χ0v) is 14.7. The van der Waals surface area contributed by atoms with Crippen molar-refractivity contribution < 1.29 is 0 Å². The molecule has 3 N–H and O–H groups in total. The second kappa shape index (κ2) is 11.4. The molecule has 0 aromatic rings. The molecule has 0 aromatic heterocycles. The van der Waals surface area contributed by atoms with E-state index in [1.54, 1.807) is 0 Å². The number of rotatable bonds is 0. The Balaban J connectivity index is 0. The zero-order chi connectivity index (χ0) is 8.93. The van der Waals surface area contributed by atoms with Crippen molar-refractivity contribution in [2.75, 3.05) is 26.2 Å². The molecule has 100 valence electrons. The first kappa shape index (κ1) is 19.7. The van der Waals surface area contributed by atoms with Crippen LogP contribution in [0.3, 0.4) is 0 Å². The van der Waals surface area contributed by atoms with E-state index in [1.165, 1.54) is 25.7 Å². The predicted molar refractivity (Wildman–Crippen MR) is 85.9 cm³/mol. The number of fused-ring (bicyclic) bond motifs is 1. The van der Waals surface area contributed by atoms with Crippen LogP contribution in [0.4, 0.5) is 0 Å². The van der Waals surface area contributed by atoms with Gasteiger partial charge in [-0.15, -0.1) is 50.9 Å². The highest BCUT2D eigenvalue weighted by molar-refractivity contribution is 8.93. The van der Waals surface area contributed by atoms with Gasteiger partial charge in [-0.25, -0.2) is 0 Å². The minimum atomic E-state index is 0. The first-order valence-electron chi connectivity index (χ1n) is 5.64. The quantitative estimate of drug-likeness (QED) is 0.554. The van der Waals surface area contributed by atoms with E-state index in [1.807, 2.05) is 0 Å². The van der Waals surface area contributed by atoms with Crippen LogP contribution in [0.2, 0.25) is 0 Å². The molecule has 2 aliphatic rings. The topological polar surface area (TPSA) is 36.1 Å². The summed E-state index contributed by atoms with van der Waals surface area (Å²) in [6.45, 7) is 4.49. The predicted octanol–water partition coefficient (Wildman–Crippen LogP) is 1.81. The van der Waals surface area contributed by atoms with Gasteiger partial charge in [0.1, 0.15) is 0 Å². The summed E-state index contributed by atoms with van der Waals surface area (Å²) in [6.07, 6.45) is 5.53. The summed E-state index contributed by atoms with van der Waals surface area (Å²) in [5, 5.41) is 10.7. The normalized spacial score (nSPS) is 30.0. The molecule has 1 aliphatic heterocycles. The summed E-state index contributed by atoms with van der Waals surface area (Å²) in [7, 11) is 0. The molecule has 6 heteroatoms. The molecule has 2 unspecified atom stereocenters. The fraction of sp³-hybridized carbons (Fsp3) is 1.00. The minimum Gasteiger partial charge on any atom is -0.314 e. The summed E-state index contributed by atoms with van der Waals surface area (Å²) in [5.41, 5.74) is 0. The Morgan fingerprint density at radius 1 is 0.625 bits per heavy atom. The van der Waals surface area contributed by atoms with Crippen LogP contribution < -0.4 is 16.0 Å². The third-order valence-corrected chi connectivity index (χ3v) is 3.18. The summed E-state index contributed by atoms with van der Waals surface area (Å²) in [6, 6.07) is 1.46. The van der Waals surface area contributed by atoms with Gasteiger partial charge in [-0.1, -0.05) is 12.8 Å². The van der Waals surface area contributed by atoms with Gasteiger partial charge in [0.05, 0.1) is 0 Å². The Labute approximate surface area is 130 Å². The van der Waals surface area contributed by atoms with Crippen LogP contribution in [-0.4, -0.2) is 38.3 Å². The highest BCUT2D eigenvalue weighted by Crippen LogP contribution is 2.18. The largest absolute Gasteiger partial charge is 0.314 e. The molecule has 2 atom stereocenters. The zero-order valence-electron chi connectivity index (χ0n) is 9.54. The summed E-state index contributed by atoms with van der Waals surface area (Å²) in [5.74, 6) is 0. The van der Waals surface area contributed by atoms with Crippen LogP contribution in [-0.2, 0) is 0 Å². The monoisotopic (exact) mass is 423 g/mol. The van der Waals surface area contributed by atoms with Crippen molar-refractivity contribution in [3.05, 3.63) is 0 Å². The van der Waals surface area contributed by atoms with Crippen LogP contribution in [0.5, 0.6) is 0 Å². The maximum Gasteiger partial charge on any atom is 0.0221 e. The molecule has 0 bridgehead atoms. The van der Waals surface area contributed by atoms with Crippen molar-refractivity contribution >= 4 is 50.9 Å². The van der Waals surface area contributed by atoms with Gasteiger partial charge >= 0.3 is 0 Å². The Morgan fingerprint density at radius 2 is 1.06 bits per heavy atom.